The Morgan fingerprint density at radius 2 is 2.23 bits per heavy atom. The van der Waals surface area contributed by atoms with Gasteiger partial charge < -0.3 is 9.15 Å². The van der Waals surface area contributed by atoms with Crippen molar-refractivity contribution in [2.24, 2.45) is 0 Å². The van der Waals surface area contributed by atoms with E-state index in [-0.39, 0.29) is 5.97 Å². The minimum atomic E-state index is -0.317. The van der Waals surface area contributed by atoms with E-state index in [2.05, 4.69) is 0 Å². The molecule has 1 heterocycles. The Morgan fingerprint density at radius 3 is 3.00 bits per heavy atom. The zero-order valence-corrected chi connectivity index (χ0v) is 7.11. The Balaban J connectivity index is 2.42. The first kappa shape index (κ1) is 7.86. The number of furan rings is 1. The summed E-state index contributed by atoms with van der Waals surface area (Å²) in [6, 6.07) is 7.06. The number of fused-ring (bicyclic) bond motifs is 1. The summed E-state index contributed by atoms with van der Waals surface area (Å²) in [6.07, 6.45) is 1.60. The molecule has 0 aliphatic rings. The van der Waals surface area contributed by atoms with Gasteiger partial charge in [-0.05, 0) is 24.3 Å². The van der Waals surface area contributed by atoms with Crippen molar-refractivity contribution in [2.75, 3.05) is 0 Å². The third kappa shape index (κ3) is 1.54. The number of carbonyl (C=O) groups is 1. The SMILES string of the molecule is CC(=O)Oc1ccc2occc2c1. The van der Waals surface area contributed by atoms with Gasteiger partial charge in [-0.1, -0.05) is 0 Å². The Kier molecular flexibility index (Phi) is 1.77. The number of ether oxygens (including phenoxy) is 1. The lowest BCUT2D eigenvalue weighted by Crippen LogP contribution is -2.00. The van der Waals surface area contributed by atoms with Gasteiger partial charge >= 0.3 is 5.97 Å². The highest BCUT2D eigenvalue weighted by atomic mass is 16.5. The van der Waals surface area contributed by atoms with Crippen LogP contribution < -0.4 is 4.74 Å². The molecule has 0 aliphatic heterocycles. The number of esters is 1. The minimum Gasteiger partial charge on any atom is -0.464 e. The fourth-order valence-electron chi connectivity index (χ4n) is 1.17. The van der Waals surface area contributed by atoms with E-state index in [0.717, 1.165) is 11.0 Å². The van der Waals surface area contributed by atoms with Gasteiger partial charge in [0.2, 0.25) is 0 Å². The second kappa shape index (κ2) is 2.94. The van der Waals surface area contributed by atoms with Crippen molar-refractivity contribution in [3.05, 3.63) is 30.5 Å². The molecule has 2 rings (SSSR count). The van der Waals surface area contributed by atoms with Crippen LogP contribution in [0.5, 0.6) is 5.75 Å². The fourth-order valence-corrected chi connectivity index (χ4v) is 1.17. The molecule has 0 N–H and O–H groups in total. The maximum Gasteiger partial charge on any atom is 0.308 e. The summed E-state index contributed by atoms with van der Waals surface area (Å²) < 4.78 is 10.0. The molecule has 1 aromatic heterocycles. The van der Waals surface area contributed by atoms with Crippen LogP contribution in [-0.4, -0.2) is 5.97 Å². The van der Waals surface area contributed by atoms with Crippen LogP contribution in [0.2, 0.25) is 0 Å². The lowest BCUT2D eigenvalue weighted by Gasteiger charge is -1.99. The van der Waals surface area contributed by atoms with Crippen LogP contribution in [0.25, 0.3) is 11.0 Å². The predicted molar refractivity (Wildman–Crippen MR) is 47.5 cm³/mol. The molecule has 3 nitrogen and oxygen atoms in total. The second-order valence-corrected chi connectivity index (χ2v) is 2.71. The molecule has 0 spiro atoms. The highest BCUT2D eigenvalue weighted by Gasteiger charge is 2.01. The molecule has 0 amide bonds. The van der Waals surface area contributed by atoms with Gasteiger partial charge in [-0.15, -0.1) is 0 Å². The summed E-state index contributed by atoms with van der Waals surface area (Å²) in [7, 11) is 0. The van der Waals surface area contributed by atoms with E-state index >= 15 is 0 Å². The molecule has 0 saturated carbocycles. The molecule has 0 unspecified atom stereocenters. The largest absolute Gasteiger partial charge is 0.464 e. The monoisotopic (exact) mass is 176 g/mol. The minimum absolute atomic E-state index is 0.317. The van der Waals surface area contributed by atoms with E-state index in [4.69, 9.17) is 9.15 Å². The molecule has 0 atom stereocenters. The van der Waals surface area contributed by atoms with Crippen LogP contribution in [0.15, 0.2) is 34.9 Å². The van der Waals surface area contributed by atoms with E-state index in [9.17, 15) is 4.79 Å². The van der Waals surface area contributed by atoms with Gasteiger partial charge in [0.05, 0.1) is 6.26 Å². The van der Waals surface area contributed by atoms with Gasteiger partial charge in [0.15, 0.2) is 0 Å². The van der Waals surface area contributed by atoms with E-state index in [0.29, 0.717) is 5.75 Å². The maximum absolute atomic E-state index is 10.6. The summed E-state index contributed by atoms with van der Waals surface area (Å²) in [4.78, 5) is 10.6. The molecule has 0 bridgehead atoms. The number of hydrogen-bond acceptors (Lipinski definition) is 3. The van der Waals surface area contributed by atoms with Gasteiger partial charge in [-0.3, -0.25) is 4.79 Å². The average molecular weight is 176 g/mol. The van der Waals surface area contributed by atoms with E-state index in [1.807, 2.05) is 6.07 Å². The first-order valence-corrected chi connectivity index (χ1v) is 3.91. The van der Waals surface area contributed by atoms with Crippen molar-refractivity contribution in [1.29, 1.82) is 0 Å². The Labute approximate surface area is 74.9 Å². The summed E-state index contributed by atoms with van der Waals surface area (Å²) in [5, 5.41) is 0.929. The van der Waals surface area contributed by atoms with Gasteiger partial charge in [-0.25, -0.2) is 0 Å². The first-order chi connectivity index (χ1) is 6.25. The van der Waals surface area contributed by atoms with Gasteiger partial charge in [0.1, 0.15) is 11.3 Å². The molecule has 3 heteroatoms. The van der Waals surface area contributed by atoms with Crippen molar-refractivity contribution < 1.29 is 13.9 Å². The fraction of sp³-hybridized carbons (Fsp3) is 0.100. The van der Waals surface area contributed by atoms with E-state index in [1.54, 1.807) is 24.5 Å². The summed E-state index contributed by atoms with van der Waals surface area (Å²) in [5.74, 6) is 0.226. The number of carbonyl (C=O) groups excluding carboxylic acids is 1. The van der Waals surface area contributed by atoms with E-state index < -0.39 is 0 Å². The third-order valence-corrected chi connectivity index (χ3v) is 1.69. The van der Waals surface area contributed by atoms with Crippen LogP contribution in [0.1, 0.15) is 6.92 Å². The topological polar surface area (TPSA) is 39.4 Å². The molecule has 0 saturated heterocycles. The Bertz CT molecular complexity index is 442. The van der Waals surface area contributed by atoms with Crippen LogP contribution >= 0.6 is 0 Å². The van der Waals surface area contributed by atoms with Gasteiger partial charge in [0.25, 0.3) is 0 Å². The normalized spacial score (nSPS) is 10.2. The predicted octanol–water partition coefficient (Wildman–Crippen LogP) is 2.36. The van der Waals surface area contributed by atoms with Gasteiger partial charge in [-0.2, -0.15) is 0 Å². The van der Waals surface area contributed by atoms with Crippen molar-refractivity contribution in [3.63, 3.8) is 0 Å². The second-order valence-electron chi connectivity index (χ2n) is 2.71. The van der Waals surface area contributed by atoms with Crippen LogP contribution in [0.4, 0.5) is 0 Å². The smallest absolute Gasteiger partial charge is 0.308 e. The molecule has 13 heavy (non-hydrogen) atoms. The zero-order valence-electron chi connectivity index (χ0n) is 7.11. The molecule has 1 aromatic carbocycles. The van der Waals surface area contributed by atoms with Crippen molar-refractivity contribution >= 4 is 16.9 Å². The van der Waals surface area contributed by atoms with E-state index in [1.165, 1.54) is 6.92 Å². The molecular formula is C10H8O3. The van der Waals surface area contributed by atoms with Crippen LogP contribution in [-0.2, 0) is 4.79 Å². The maximum atomic E-state index is 10.6. The third-order valence-electron chi connectivity index (χ3n) is 1.69. The van der Waals surface area contributed by atoms with Crippen LogP contribution in [0.3, 0.4) is 0 Å². The average Bonchev–Trinajstić information content (AvgIpc) is 2.49. The lowest BCUT2D eigenvalue weighted by atomic mass is 10.2. The summed E-state index contributed by atoms with van der Waals surface area (Å²) >= 11 is 0. The Morgan fingerprint density at radius 1 is 1.38 bits per heavy atom. The Hall–Kier alpha value is -1.77. The highest BCUT2D eigenvalue weighted by molar-refractivity contribution is 5.80. The lowest BCUT2D eigenvalue weighted by molar-refractivity contribution is -0.131. The quantitative estimate of drug-likeness (QED) is 0.494. The molecule has 2 aromatic rings. The van der Waals surface area contributed by atoms with Crippen LogP contribution in [0, 0.1) is 0 Å². The molecule has 0 radical (unpaired) electrons. The van der Waals surface area contributed by atoms with Crippen molar-refractivity contribution in [3.8, 4) is 5.75 Å². The number of rotatable bonds is 1. The number of benzene rings is 1. The summed E-state index contributed by atoms with van der Waals surface area (Å²) in [6.45, 7) is 1.37. The highest BCUT2D eigenvalue weighted by Crippen LogP contribution is 2.21. The van der Waals surface area contributed by atoms with Gasteiger partial charge in [0, 0.05) is 12.3 Å². The molecular weight excluding hydrogens is 168 g/mol. The molecule has 66 valence electrons. The van der Waals surface area contributed by atoms with Crippen molar-refractivity contribution in [2.45, 2.75) is 6.92 Å². The first-order valence-electron chi connectivity index (χ1n) is 3.91. The zero-order chi connectivity index (χ0) is 9.26. The molecule has 0 aliphatic carbocycles. The van der Waals surface area contributed by atoms with Crippen molar-refractivity contribution in [1.82, 2.24) is 0 Å². The summed E-state index contributed by atoms with van der Waals surface area (Å²) in [5.41, 5.74) is 0.788. The molecule has 0 fully saturated rings. The standard InChI is InChI=1S/C10H8O3/c1-7(11)13-9-2-3-10-8(6-9)4-5-12-10/h2-6H,1H3. The number of hydrogen-bond donors (Lipinski definition) is 0.